The lowest BCUT2D eigenvalue weighted by Gasteiger charge is -2.34. The van der Waals surface area contributed by atoms with E-state index in [9.17, 15) is 14.4 Å². The molecule has 0 aliphatic heterocycles. The van der Waals surface area contributed by atoms with E-state index in [1.165, 1.54) is 9.80 Å². The third kappa shape index (κ3) is 10.7. The van der Waals surface area contributed by atoms with E-state index in [0.717, 1.165) is 33.6 Å². The van der Waals surface area contributed by atoms with Crippen molar-refractivity contribution in [2.45, 2.75) is 63.6 Å². The van der Waals surface area contributed by atoms with Crippen molar-refractivity contribution in [3.8, 4) is 11.1 Å². The van der Waals surface area contributed by atoms with Crippen LogP contribution in [0, 0.1) is 0 Å². The maximum Gasteiger partial charge on any atom is 0.246 e. The lowest BCUT2D eigenvalue weighted by molar-refractivity contribution is -0.146. The summed E-state index contributed by atoms with van der Waals surface area (Å²) in [5.41, 5.74) is 4.02. The molecule has 0 saturated heterocycles. The zero-order chi connectivity index (χ0) is 35.2. The van der Waals surface area contributed by atoms with E-state index >= 15 is 0 Å². The molecule has 0 spiro atoms. The third-order valence-electron chi connectivity index (χ3n) is 9.36. The normalized spacial score (nSPS) is 13.7. The molecule has 0 fully saturated rings. The predicted octanol–water partition coefficient (Wildman–Crippen LogP) is 5.94. The molecule has 4 aromatic rings. The summed E-state index contributed by atoms with van der Waals surface area (Å²) in [6.07, 6.45) is 9.77. The number of carbonyl (C=O) groups excluding carboxylic acids is 3. The minimum atomic E-state index is -0.831. The van der Waals surface area contributed by atoms with Crippen molar-refractivity contribution < 1.29 is 14.4 Å². The number of pyridine rings is 1. The number of rotatable bonds is 17. The Kier molecular flexibility index (Phi) is 13.9. The molecule has 258 valence electrons. The van der Waals surface area contributed by atoms with E-state index in [-0.39, 0.29) is 23.3 Å². The zero-order valence-electron chi connectivity index (χ0n) is 29.3. The van der Waals surface area contributed by atoms with Crippen LogP contribution < -0.4 is 10.6 Å². The minimum absolute atomic E-state index is 0.134. The van der Waals surface area contributed by atoms with E-state index in [1.54, 1.807) is 43.9 Å². The zero-order valence-corrected chi connectivity index (χ0v) is 30.1. The molecule has 0 radical (unpaired) electrons. The fourth-order valence-electron chi connectivity index (χ4n) is 5.60. The molecule has 49 heavy (non-hydrogen) atoms. The van der Waals surface area contributed by atoms with Crippen molar-refractivity contribution in [2.24, 2.45) is 0 Å². The Bertz CT molecular complexity index is 1640. The highest BCUT2D eigenvalue weighted by molar-refractivity contribution is 7.09. The number of amides is 3. The molecule has 3 amide bonds. The first-order valence-corrected chi connectivity index (χ1v) is 17.7. The Morgan fingerprint density at radius 3 is 2.18 bits per heavy atom. The molecule has 1 unspecified atom stereocenters. The van der Waals surface area contributed by atoms with Crippen LogP contribution in [0.5, 0.6) is 0 Å². The van der Waals surface area contributed by atoms with Crippen LogP contribution >= 0.6 is 11.3 Å². The fraction of sp³-hybridized carbons (Fsp3) is 0.350. The molecular formula is C40H49N5O3S. The molecule has 2 aromatic carbocycles. The highest BCUT2D eigenvalue weighted by atomic mass is 32.1. The molecule has 0 bridgehead atoms. The second-order valence-corrected chi connectivity index (χ2v) is 13.7. The summed E-state index contributed by atoms with van der Waals surface area (Å²) in [5, 5.41) is 8.34. The molecule has 9 heteroatoms. The number of nitrogens with zero attached hydrogens (tertiary/aromatic N) is 3. The van der Waals surface area contributed by atoms with Crippen LogP contribution in [0.25, 0.3) is 11.1 Å². The van der Waals surface area contributed by atoms with Gasteiger partial charge in [0.05, 0.1) is 0 Å². The Labute approximate surface area is 295 Å². The number of thiophene rings is 1. The van der Waals surface area contributed by atoms with Crippen LogP contribution in [0.15, 0.2) is 109 Å². The van der Waals surface area contributed by atoms with Crippen molar-refractivity contribution in [1.29, 1.82) is 0 Å². The molecule has 0 aliphatic rings. The number of hydrogen-bond donors (Lipinski definition) is 2. The van der Waals surface area contributed by atoms with Gasteiger partial charge in [0.25, 0.3) is 0 Å². The maximum absolute atomic E-state index is 14.5. The smallest absolute Gasteiger partial charge is 0.246 e. The maximum atomic E-state index is 14.5. The lowest BCUT2D eigenvalue weighted by atomic mass is 9.94. The Balaban J connectivity index is 1.58. The fourth-order valence-corrected chi connectivity index (χ4v) is 6.35. The van der Waals surface area contributed by atoms with Crippen molar-refractivity contribution >= 4 is 29.1 Å². The summed E-state index contributed by atoms with van der Waals surface area (Å²) >= 11 is 1.55. The summed E-state index contributed by atoms with van der Waals surface area (Å²) in [4.78, 5) is 49.9. The SMILES string of the molecule is CCC(C)(C/C=C/C(=O)N(C)[C@H](Cc1ccc(-c2ccccc2)cc1)C(=O)N(C)[C@H](Cc1cccs1)C(=O)NCCc1ccncc1)NC. The van der Waals surface area contributed by atoms with E-state index in [2.05, 4.69) is 41.6 Å². The van der Waals surface area contributed by atoms with Gasteiger partial charge in [-0.1, -0.05) is 73.7 Å². The second kappa shape index (κ2) is 18.2. The summed E-state index contributed by atoms with van der Waals surface area (Å²) in [5.74, 6) is -0.793. The topological polar surface area (TPSA) is 94.6 Å². The average Bonchev–Trinajstić information content (AvgIpc) is 3.66. The highest BCUT2D eigenvalue weighted by Gasteiger charge is 2.35. The quantitative estimate of drug-likeness (QED) is 0.135. The van der Waals surface area contributed by atoms with Crippen LogP contribution in [0.4, 0.5) is 0 Å². The van der Waals surface area contributed by atoms with E-state index in [0.29, 0.717) is 32.2 Å². The minimum Gasteiger partial charge on any atom is -0.354 e. The van der Waals surface area contributed by atoms with E-state index < -0.39 is 12.1 Å². The number of hydrogen-bond acceptors (Lipinski definition) is 6. The van der Waals surface area contributed by atoms with Crippen LogP contribution in [-0.2, 0) is 33.6 Å². The highest BCUT2D eigenvalue weighted by Crippen LogP contribution is 2.22. The number of benzene rings is 2. The van der Waals surface area contributed by atoms with Gasteiger partial charge in [0.1, 0.15) is 12.1 Å². The first-order valence-electron chi connectivity index (χ1n) is 16.9. The second-order valence-electron chi connectivity index (χ2n) is 12.6. The average molecular weight is 680 g/mol. The number of nitrogens with one attached hydrogen (secondary N) is 2. The monoisotopic (exact) mass is 679 g/mol. The molecule has 8 nitrogen and oxygen atoms in total. The van der Waals surface area contributed by atoms with Crippen molar-refractivity contribution in [1.82, 2.24) is 25.4 Å². The van der Waals surface area contributed by atoms with Gasteiger partial charge in [0, 0.05) is 56.3 Å². The van der Waals surface area contributed by atoms with Gasteiger partial charge in [-0.15, -0.1) is 11.3 Å². The van der Waals surface area contributed by atoms with Gasteiger partial charge in [0.15, 0.2) is 0 Å². The number of carbonyl (C=O) groups is 3. The third-order valence-corrected chi connectivity index (χ3v) is 10.3. The molecule has 3 atom stereocenters. The molecule has 0 saturated carbocycles. The predicted molar refractivity (Wildman–Crippen MR) is 199 cm³/mol. The standard InChI is InChI=1S/C40H49N5O3S/c1-6-40(2,41-3)23-10-15-37(46)44(4)36(28-31-16-18-33(19-17-31)32-12-8-7-9-13-32)39(48)45(5)35(29-34-14-11-27-49-34)38(47)43-26-22-30-20-24-42-25-21-30/h7-21,24-25,27,35-36,41H,6,22-23,26,28-29H2,1-5H3,(H,43,47)/b15-10+/t35-,36-,40?/m1/s1. The van der Waals surface area contributed by atoms with E-state index in [4.69, 9.17) is 0 Å². The Morgan fingerprint density at radius 1 is 0.857 bits per heavy atom. The van der Waals surface area contributed by atoms with Gasteiger partial charge in [-0.3, -0.25) is 19.4 Å². The van der Waals surface area contributed by atoms with Crippen LogP contribution in [0.2, 0.25) is 0 Å². The first kappa shape index (κ1) is 37.2. The van der Waals surface area contributed by atoms with Crippen LogP contribution in [-0.4, -0.2) is 77.8 Å². The van der Waals surface area contributed by atoms with Gasteiger partial charge in [-0.05, 0) is 85.1 Å². The molecule has 0 aliphatic carbocycles. The number of aromatic nitrogens is 1. The van der Waals surface area contributed by atoms with Crippen LogP contribution in [0.3, 0.4) is 0 Å². The van der Waals surface area contributed by atoms with Crippen LogP contribution in [0.1, 0.15) is 42.7 Å². The number of likely N-dealkylation sites (N-methyl/N-ethyl adjacent to an activating group) is 2. The molecule has 2 heterocycles. The van der Waals surface area contributed by atoms with Gasteiger partial charge in [-0.25, -0.2) is 0 Å². The largest absolute Gasteiger partial charge is 0.354 e. The molecular weight excluding hydrogens is 631 g/mol. The van der Waals surface area contributed by atoms with Gasteiger partial charge in [-0.2, -0.15) is 0 Å². The van der Waals surface area contributed by atoms with Gasteiger partial charge >= 0.3 is 0 Å². The van der Waals surface area contributed by atoms with Crippen molar-refractivity contribution in [3.05, 3.63) is 125 Å². The van der Waals surface area contributed by atoms with Gasteiger partial charge < -0.3 is 20.4 Å². The Morgan fingerprint density at radius 2 is 1.55 bits per heavy atom. The van der Waals surface area contributed by atoms with Crippen molar-refractivity contribution in [3.63, 3.8) is 0 Å². The van der Waals surface area contributed by atoms with E-state index in [1.807, 2.05) is 85.2 Å². The van der Waals surface area contributed by atoms with Gasteiger partial charge in [0.2, 0.25) is 17.7 Å². The molecule has 2 N–H and O–H groups in total. The summed E-state index contributed by atoms with van der Waals surface area (Å²) in [6, 6.07) is 24.4. The first-order chi connectivity index (χ1) is 23.6. The lowest BCUT2D eigenvalue weighted by Crippen LogP contribution is -2.56. The van der Waals surface area contributed by atoms with Crippen molar-refractivity contribution in [2.75, 3.05) is 27.7 Å². The summed E-state index contributed by atoms with van der Waals surface area (Å²) in [7, 11) is 5.25. The summed E-state index contributed by atoms with van der Waals surface area (Å²) < 4.78 is 0. The molecule has 4 rings (SSSR count). The summed E-state index contributed by atoms with van der Waals surface area (Å²) in [6.45, 7) is 4.64. The Hall–Kier alpha value is -4.60. The molecule has 2 aromatic heterocycles.